The molecule has 0 amide bonds. The van der Waals surface area contributed by atoms with E-state index in [1.54, 1.807) is 0 Å². The van der Waals surface area contributed by atoms with Crippen LogP contribution in [0.5, 0.6) is 0 Å². The van der Waals surface area contributed by atoms with Gasteiger partial charge in [-0.15, -0.1) is 0 Å². The van der Waals surface area contributed by atoms with E-state index in [0.717, 1.165) is 44.1 Å². The first-order valence-corrected chi connectivity index (χ1v) is 6.38. The third kappa shape index (κ3) is 4.13. The van der Waals surface area contributed by atoms with Crippen molar-refractivity contribution in [2.24, 2.45) is 5.16 Å². The van der Waals surface area contributed by atoms with Crippen molar-refractivity contribution in [2.45, 2.75) is 6.92 Å². The van der Waals surface area contributed by atoms with E-state index in [9.17, 15) is 0 Å². The summed E-state index contributed by atoms with van der Waals surface area (Å²) in [5.41, 5.74) is 2.02. The lowest BCUT2D eigenvalue weighted by molar-refractivity contribution is 0.0212. The molecule has 98 valence electrons. The van der Waals surface area contributed by atoms with E-state index in [2.05, 4.69) is 10.1 Å². The van der Waals surface area contributed by atoms with Crippen LogP contribution >= 0.6 is 0 Å². The maximum Gasteiger partial charge on any atom is 0.129 e. The molecule has 0 aliphatic carbocycles. The molecule has 0 atom stereocenters. The summed E-state index contributed by atoms with van der Waals surface area (Å²) in [6, 6.07) is 10.1. The average molecular weight is 248 g/mol. The van der Waals surface area contributed by atoms with Crippen LogP contribution in [0.3, 0.4) is 0 Å². The SMILES string of the molecule is C/C(=N/OCCN1CCOCC1)c1ccccc1. The highest BCUT2D eigenvalue weighted by molar-refractivity contribution is 5.98. The van der Waals surface area contributed by atoms with Gasteiger partial charge in [0.1, 0.15) is 6.61 Å². The van der Waals surface area contributed by atoms with Crippen LogP contribution in [0, 0.1) is 0 Å². The van der Waals surface area contributed by atoms with Gasteiger partial charge in [-0.1, -0.05) is 35.5 Å². The highest BCUT2D eigenvalue weighted by Crippen LogP contribution is 2.01. The van der Waals surface area contributed by atoms with Gasteiger partial charge in [-0.2, -0.15) is 0 Å². The molecule has 1 aliphatic rings. The fraction of sp³-hybridized carbons (Fsp3) is 0.500. The first kappa shape index (κ1) is 13.1. The number of hydrogen-bond donors (Lipinski definition) is 0. The van der Waals surface area contributed by atoms with E-state index in [1.165, 1.54) is 0 Å². The summed E-state index contributed by atoms with van der Waals surface area (Å²) in [4.78, 5) is 7.69. The van der Waals surface area contributed by atoms with Crippen LogP contribution in [-0.4, -0.2) is 50.1 Å². The lowest BCUT2D eigenvalue weighted by atomic mass is 10.1. The third-order valence-electron chi connectivity index (χ3n) is 3.00. The maximum atomic E-state index is 5.36. The Morgan fingerprint density at radius 1 is 1.28 bits per heavy atom. The molecule has 18 heavy (non-hydrogen) atoms. The first-order valence-electron chi connectivity index (χ1n) is 6.38. The van der Waals surface area contributed by atoms with Crippen molar-refractivity contribution in [1.82, 2.24) is 4.90 Å². The largest absolute Gasteiger partial charge is 0.394 e. The van der Waals surface area contributed by atoms with Gasteiger partial charge in [-0.05, 0) is 12.5 Å². The highest BCUT2D eigenvalue weighted by Gasteiger charge is 2.09. The van der Waals surface area contributed by atoms with Crippen molar-refractivity contribution in [2.75, 3.05) is 39.5 Å². The maximum absolute atomic E-state index is 5.36. The van der Waals surface area contributed by atoms with E-state index in [0.29, 0.717) is 6.61 Å². The fourth-order valence-corrected chi connectivity index (χ4v) is 1.87. The second kappa shape index (κ2) is 7.13. The Bertz CT molecular complexity index is 373. The Kier molecular flexibility index (Phi) is 5.17. The summed E-state index contributed by atoms with van der Waals surface area (Å²) in [5.74, 6) is 0. The van der Waals surface area contributed by atoms with Crippen LogP contribution in [0.2, 0.25) is 0 Å². The molecule has 0 unspecified atom stereocenters. The van der Waals surface area contributed by atoms with Crippen molar-refractivity contribution in [3.05, 3.63) is 35.9 Å². The van der Waals surface area contributed by atoms with E-state index >= 15 is 0 Å². The highest BCUT2D eigenvalue weighted by atomic mass is 16.6. The van der Waals surface area contributed by atoms with Gasteiger partial charge in [0.05, 0.1) is 18.9 Å². The van der Waals surface area contributed by atoms with E-state index < -0.39 is 0 Å². The standard InChI is InChI=1S/C14H20N2O2/c1-13(14-5-3-2-4-6-14)15-18-12-9-16-7-10-17-11-8-16/h2-6H,7-12H2,1H3/b15-13-. The van der Waals surface area contributed by atoms with Gasteiger partial charge in [0.15, 0.2) is 0 Å². The topological polar surface area (TPSA) is 34.1 Å². The summed E-state index contributed by atoms with van der Waals surface area (Å²) in [6.07, 6.45) is 0. The van der Waals surface area contributed by atoms with Crippen LogP contribution in [0.1, 0.15) is 12.5 Å². The predicted molar refractivity (Wildman–Crippen MR) is 71.9 cm³/mol. The summed E-state index contributed by atoms with van der Waals surface area (Å²) in [6.45, 7) is 7.14. The second-order valence-corrected chi connectivity index (χ2v) is 4.33. The van der Waals surface area contributed by atoms with E-state index in [4.69, 9.17) is 9.57 Å². The quantitative estimate of drug-likeness (QED) is 0.452. The fourth-order valence-electron chi connectivity index (χ4n) is 1.87. The number of hydrogen-bond acceptors (Lipinski definition) is 4. The van der Waals surface area contributed by atoms with Crippen molar-refractivity contribution in [3.63, 3.8) is 0 Å². The smallest absolute Gasteiger partial charge is 0.129 e. The Hall–Kier alpha value is -1.39. The number of nitrogens with zero attached hydrogens (tertiary/aromatic N) is 2. The number of rotatable bonds is 5. The van der Waals surface area contributed by atoms with Crippen molar-refractivity contribution < 1.29 is 9.57 Å². The van der Waals surface area contributed by atoms with Gasteiger partial charge in [-0.3, -0.25) is 4.90 Å². The molecule has 4 nitrogen and oxygen atoms in total. The van der Waals surface area contributed by atoms with Crippen molar-refractivity contribution in [1.29, 1.82) is 0 Å². The van der Waals surface area contributed by atoms with Crippen LogP contribution in [0.4, 0.5) is 0 Å². The Morgan fingerprint density at radius 3 is 2.72 bits per heavy atom. The normalized spacial score (nSPS) is 17.7. The van der Waals surface area contributed by atoms with Crippen LogP contribution in [0.25, 0.3) is 0 Å². The van der Waals surface area contributed by atoms with Crippen LogP contribution in [0.15, 0.2) is 35.5 Å². The zero-order chi connectivity index (χ0) is 12.6. The van der Waals surface area contributed by atoms with Gasteiger partial charge in [0, 0.05) is 19.6 Å². The van der Waals surface area contributed by atoms with Gasteiger partial charge in [0.25, 0.3) is 0 Å². The molecule has 1 aromatic carbocycles. The van der Waals surface area contributed by atoms with Gasteiger partial charge >= 0.3 is 0 Å². The van der Waals surface area contributed by atoms with Gasteiger partial charge < -0.3 is 9.57 Å². The molecule has 0 radical (unpaired) electrons. The molecule has 1 aromatic rings. The molecular formula is C14H20N2O2. The molecule has 4 heteroatoms. The molecule has 1 fully saturated rings. The zero-order valence-electron chi connectivity index (χ0n) is 10.8. The Labute approximate surface area is 108 Å². The summed E-state index contributed by atoms with van der Waals surface area (Å²) >= 11 is 0. The molecule has 2 rings (SSSR count). The first-order chi connectivity index (χ1) is 8.86. The van der Waals surface area contributed by atoms with Crippen molar-refractivity contribution in [3.8, 4) is 0 Å². The van der Waals surface area contributed by atoms with Crippen LogP contribution in [-0.2, 0) is 9.57 Å². The van der Waals surface area contributed by atoms with E-state index in [-0.39, 0.29) is 0 Å². The third-order valence-corrected chi connectivity index (χ3v) is 3.00. The van der Waals surface area contributed by atoms with Gasteiger partial charge in [0.2, 0.25) is 0 Å². The summed E-state index contributed by atoms with van der Waals surface area (Å²) < 4.78 is 5.29. The minimum atomic E-state index is 0.629. The molecule has 0 N–H and O–H groups in total. The molecule has 0 aromatic heterocycles. The van der Waals surface area contributed by atoms with Crippen molar-refractivity contribution >= 4 is 5.71 Å². The molecule has 1 saturated heterocycles. The lowest BCUT2D eigenvalue weighted by Gasteiger charge is -2.25. The minimum Gasteiger partial charge on any atom is -0.394 e. The Balaban J connectivity index is 1.70. The molecule has 0 spiro atoms. The molecule has 0 saturated carbocycles. The number of ether oxygens (including phenoxy) is 1. The summed E-state index contributed by atoms with van der Waals surface area (Å²) in [7, 11) is 0. The van der Waals surface area contributed by atoms with Gasteiger partial charge in [-0.25, -0.2) is 0 Å². The zero-order valence-corrected chi connectivity index (χ0v) is 10.8. The second-order valence-electron chi connectivity index (χ2n) is 4.33. The number of benzene rings is 1. The molecule has 1 heterocycles. The molecule has 1 aliphatic heterocycles. The predicted octanol–water partition coefficient (Wildman–Crippen LogP) is 1.76. The monoisotopic (exact) mass is 248 g/mol. The Morgan fingerprint density at radius 2 is 2.00 bits per heavy atom. The van der Waals surface area contributed by atoms with E-state index in [1.807, 2.05) is 37.3 Å². The minimum absolute atomic E-state index is 0.629. The number of morpholine rings is 1. The molecular weight excluding hydrogens is 228 g/mol. The lowest BCUT2D eigenvalue weighted by Crippen LogP contribution is -2.38. The number of oxime groups is 1. The molecule has 0 bridgehead atoms. The average Bonchev–Trinajstić information content (AvgIpc) is 2.45. The summed E-state index contributed by atoms with van der Waals surface area (Å²) in [5, 5.41) is 4.14. The van der Waals surface area contributed by atoms with Crippen LogP contribution < -0.4 is 0 Å².